The number of hydrogen-bond acceptors (Lipinski definition) is 4. The van der Waals surface area contributed by atoms with Crippen molar-refractivity contribution >= 4 is 5.91 Å². The van der Waals surface area contributed by atoms with Gasteiger partial charge in [-0.1, -0.05) is 12.1 Å². The number of benzene rings is 1. The third-order valence-electron chi connectivity index (χ3n) is 3.79. The maximum Gasteiger partial charge on any atom is 0.252 e. The number of amides is 1. The van der Waals surface area contributed by atoms with E-state index in [1.54, 1.807) is 12.1 Å². The first-order valence-corrected chi connectivity index (χ1v) is 7.64. The molecule has 0 aliphatic carbocycles. The maximum atomic E-state index is 12.6. The van der Waals surface area contributed by atoms with Gasteiger partial charge in [0.05, 0.1) is 11.6 Å². The first kappa shape index (κ1) is 16.5. The van der Waals surface area contributed by atoms with E-state index in [-0.39, 0.29) is 12.0 Å². The van der Waals surface area contributed by atoms with E-state index in [0.717, 1.165) is 24.9 Å². The Morgan fingerprint density at radius 1 is 1.32 bits per heavy atom. The molecule has 1 heterocycles. The molecule has 0 spiro atoms. The fourth-order valence-corrected chi connectivity index (χ4v) is 2.47. The van der Waals surface area contributed by atoms with Crippen LogP contribution >= 0.6 is 0 Å². The minimum absolute atomic E-state index is 0.0729. The van der Waals surface area contributed by atoms with Crippen molar-refractivity contribution in [3.8, 4) is 6.07 Å². The zero-order valence-electron chi connectivity index (χ0n) is 13.3. The van der Waals surface area contributed by atoms with Gasteiger partial charge in [0.25, 0.3) is 5.91 Å². The third-order valence-corrected chi connectivity index (χ3v) is 3.79. The molecule has 22 heavy (non-hydrogen) atoms. The van der Waals surface area contributed by atoms with E-state index in [0.29, 0.717) is 25.3 Å². The monoisotopic (exact) mass is 301 g/mol. The second kappa shape index (κ2) is 7.92. The van der Waals surface area contributed by atoms with Crippen LogP contribution in [-0.2, 0) is 16.1 Å². The smallest absolute Gasteiger partial charge is 0.252 e. The highest BCUT2D eigenvalue weighted by Gasteiger charge is 2.28. The van der Waals surface area contributed by atoms with Crippen molar-refractivity contribution in [1.29, 1.82) is 5.26 Å². The SMILES string of the molecule is CN(C)CCN(Cc1ccc(C#N)cc1)C(=O)[C@@H]1CCCO1. The topological polar surface area (TPSA) is 56.6 Å². The second-order valence-corrected chi connectivity index (χ2v) is 5.87. The summed E-state index contributed by atoms with van der Waals surface area (Å²) < 4.78 is 5.53. The molecule has 5 nitrogen and oxygen atoms in total. The summed E-state index contributed by atoms with van der Waals surface area (Å²) in [5.74, 6) is 0.0729. The van der Waals surface area contributed by atoms with Gasteiger partial charge >= 0.3 is 0 Å². The Hall–Kier alpha value is -1.90. The van der Waals surface area contributed by atoms with E-state index in [1.165, 1.54) is 0 Å². The minimum atomic E-state index is -0.291. The van der Waals surface area contributed by atoms with Crippen molar-refractivity contribution in [3.05, 3.63) is 35.4 Å². The molecule has 0 unspecified atom stereocenters. The molecule has 1 fully saturated rings. The number of hydrogen-bond donors (Lipinski definition) is 0. The molecule has 0 saturated carbocycles. The average molecular weight is 301 g/mol. The van der Waals surface area contributed by atoms with Gasteiger partial charge in [-0.05, 0) is 44.6 Å². The largest absolute Gasteiger partial charge is 0.368 e. The Morgan fingerprint density at radius 3 is 2.59 bits per heavy atom. The molecule has 5 heteroatoms. The van der Waals surface area contributed by atoms with E-state index in [1.807, 2.05) is 31.1 Å². The zero-order chi connectivity index (χ0) is 15.9. The fraction of sp³-hybridized carbons (Fsp3) is 0.529. The highest BCUT2D eigenvalue weighted by Crippen LogP contribution is 2.16. The van der Waals surface area contributed by atoms with E-state index < -0.39 is 0 Å². The van der Waals surface area contributed by atoms with Crippen molar-refractivity contribution in [1.82, 2.24) is 9.80 Å². The van der Waals surface area contributed by atoms with Gasteiger partial charge in [-0.25, -0.2) is 0 Å². The average Bonchev–Trinajstić information content (AvgIpc) is 3.05. The van der Waals surface area contributed by atoms with E-state index in [2.05, 4.69) is 11.0 Å². The van der Waals surface area contributed by atoms with E-state index in [4.69, 9.17) is 10.00 Å². The van der Waals surface area contributed by atoms with Crippen LogP contribution in [0.2, 0.25) is 0 Å². The van der Waals surface area contributed by atoms with Crippen LogP contribution in [-0.4, -0.2) is 55.6 Å². The molecule has 0 aromatic heterocycles. The van der Waals surface area contributed by atoms with Crippen LogP contribution in [0.5, 0.6) is 0 Å². The molecular formula is C17H23N3O2. The molecule has 118 valence electrons. The minimum Gasteiger partial charge on any atom is -0.368 e. The summed E-state index contributed by atoms with van der Waals surface area (Å²) in [5, 5.41) is 8.85. The van der Waals surface area contributed by atoms with Crippen molar-refractivity contribution in [2.45, 2.75) is 25.5 Å². The molecule has 1 aliphatic rings. The predicted molar refractivity (Wildman–Crippen MR) is 84.1 cm³/mol. The Kier molecular flexibility index (Phi) is 5.93. The van der Waals surface area contributed by atoms with E-state index in [9.17, 15) is 4.79 Å². The summed E-state index contributed by atoms with van der Waals surface area (Å²) in [7, 11) is 3.99. The highest BCUT2D eigenvalue weighted by molar-refractivity contribution is 5.81. The third kappa shape index (κ3) is 4.55. The number of nitrogens with zero attached hydrogens (tertiary/aromatic N) is 3. The van der Waals surface area contributed by atoms with Crippen molar-refractivity contribution in [2.24, 2.45) is 0 Å². The van der Waals surface area contributed by atoms with Gasteiger partial charge in [0.15, 0.2) is 0 Å². The summed E-state index contributed by atoms with van der Waals surface area (Å²) in [5.41, 5.74) is 1.66. The molecule has 1 aliphatic heterocycles. The molecule has 1 aromatic carbocycles. The van der Waals surface area contributed by atoms with Gasteiger partial charge in [-0.3, -0.25) is 4.79 Å². The first-order valence-electron chi connectivity index (χ1n) is 7.64. The lowest BCUT2D eigenvalue weighted by Gasteiger charge is -2.27. The van der Waals surface area contributed by atoms with Crippen LogP contribution < -0.4 is 0 Å². The van der Waals surface area contributed by atoms with Crippen LogP contribution in [0.25, 0.3) is 0 Å². The van der Waals surface area contributed by atoms with E-state index >= 15 is 0 Å². The first-order chi connectivity index (χ1) is 10.6. The summed E-state index contributed by atoms with van der Waals surface area (Å²) in [6, 6.07) is 9.50. The Morgan fingerprint density at radius 2 is 2.05 bits per heavy atom. The van der Waals surface area contributed by atoms with Crippen LogP contribution in [0.15, 0.2) is 24.3 Å². The van der Waals surface area contributed by atoms with Gasteiger partial charge in [0, 0.05) is 26.2 Å². The highest BCUT2D eigenvalue weighted by atomic mass is 16.5. The Labute approximate surface area is 132 Å². The standard InChI is InChI=1S/C17H23N3O2/c1-19(2)9-10-20(17(21)16-4-3-11-22-16)13-15-7-5-14(12-18)6-8-15/h5-8,16H,3-4,9-11,13H2,1-2H3/t16-/m0/s1. The van der Waals surface area contributed by atoms with Crippen LogP contribution in [0.4, 0.5) is 0 Å². The van der Waals surface area contributed by atoms with Gasteiger partial charge in [0.2, 0.25) is 0 Å². The number of nitriles is 1. The summed E-state index contributed by atoms with van der Waals surface area (Å²) in [6.07, 6.45) is 1.47. The number of ether oxygens (including phenoxy) is 1. The summed E-state index contributed by atoms with van der Waals surface area (Å²) in [6.45, 7) is 2.72. The van der Waals surface area contributed by atoms with Gasteiger partial charge in [0.1, 0.15) is 6.10 Å². The van der Waals surface area contributed by atoms with Crippen molar-refractivity contribution < 1.29 is 9.53 Å². The second-order valence-electron chi connectivity index (χ2n) is 5.87. The zero-order valence-corrected chi connectivity index (χ0v) is 13.3. The predicted octanol–water partition coefficient (Wildman–Crippen LogP) is 1.63. The van der Waals surface area contributed by atoms with Gasteiger partial charge < -0.3 is 14.5 Å². The summed E-state index contributed by atoms with van der Waals surface area (Å²) in [4.78, 5) is 16.5. The molecule has 1 amide bonds. The molecule has 0 radical (unpaired) electrons. The molecular weight excluding hydrogens is 278 g/mol. The molecule has 1 atom stereocenters. The fourth-order valence-electron chi connectivity index (χ4n) is 2.47. The summed E-state index contributed by atoms with van der Waals surface area (Å²) >= 11 is 0. The van der Waals surface area contributed by atoms with Crippen molar-refractivity contribution in [3.63, 3.8) is 0 Å². The number of carbonyl (C=O) groups excluding carboxylic acids is 1. The molecule has 1 aromatic rings. The number of likely N-dealkylation sites (N-methyl/N-ethyl adjacent to an activating group) is 1. The molecule has 2 rings (SSSR count). The van der Waals surface area contributed by atoms with Crippen LogP contribution in [0.3, 0.4) is 0 Å². The lowest BCUT2D eigenvalue weighted by atomic mass is 10.1. The molecule has 0 N–H and O–H groups in total. The Balaban J connectivity index is 2.05. The molecule has 1 saturated heterocycles. The number of carbonyl (C=O) groups is 1. The van der Waals surface area contributed by atoms with Crippen molar-refractivity contribution in [2.75, 3.05) is 33.8 Å². The van der Waals surface area contributed by atoms with Crippen LogP contribution in [0, 0.1) is 11.3 Å². The quantitative estimate of drug-likeness (QED) is 0.801. The van der Waals surface area contributed by atoms with Crippen LogP contribution in [0.1, 0.15) is 24.0 Å². The van der Waals surface area contributed by atoms with Gasteiger partial charge in [-0.2, -0.15) is 5.26 Å². The lowest BCUT2D eigenvalue weighted by Crippen LogP contribution is -2.41. The van der Waals surface area contributed by atoms with Gasteiger partial charge in [-0.15, -0.1) is 0 Å². The molecule has 0 bridgehead atoms. The lowest BCUT2D eigenvalue weighted by molar-refractivity contribution is -0.141. The normalized spacial score (nSPS) is 17.5. The Bertz CT molecular complexity index is 528. The maximum absolute atomic E-state index is 12.6. The number of rotatable bonds is 6.